The summed E-state index contributed by atoms with van der Waals surface area (Å²) >= 11 is 0. The van der Waals surface area contributed by atoms with E-state index in [2.05, 4.69) is 0 Å². The Labute approximate surface area is 123 Å². The number of nitrogens with zero attached hydrogens (tertiary/aromatic N) is 1. The van der Waals surface area contributed by atoms with Gasteiger partial charge in [0.25, 0.3) is 0 Å². The number of primary amides is 1. The van der Waals surface area contributed by atoms with E-state index >= 15 is 0 Å². The van der Waals surface area contributed by atoms with E-state index in [0.29, 0.717) is 11.0 Å². The lowest BCUT2D eigenvalue weighted by atomic mass is 10.2. The van der Waals surface area contributed by atoms with Crippen LogP contribution < -0.4 is 16.6 Å². The molecule has 1 amide bonds. The van der Waals surface area contributed by atoms with Gasteiger partial charge in [-0.2, -0.15) is 0 Å². The van der Waals surface area contributed by atoms with E-state index in [-0.39, 0.29) is 19.3 Å². The zero-order valence-corrected chi connectivity index (χ0v) is 12.6. The number of carboxylic acid groups (broad SMARTS) is 2. The number of quaternary nitrogens is 1. The van der Waals surface area contributed by atoms with Crippen LogP contribution in [-0.2, 0) is 14.4 Å². The molecule has 0 radical (unpaired) electrons. The fourth-order valence-electron chi connectivity index (χ4n) is 1.31. The third kappa shape index (κ3) is 18.3. The summed E-state index contributed by atoms with van der Waals surface area (Å²) in [6.07, 6.45) is -0.965. The van der Waals surface area contributed by atoms with Crippen LogP contribution >= 0.6 is 0 Å². The van der Waals surface area contributed by atoms with E-state index < -0.39 is 30.0 Å². The molecule has 0 rings (SSSR count). The molecule has 0 saturated heterocycles. The van der Waals surface area contributed by atoms with Crippen LogP contribution in [0.3, 0.4) is 0 Å². The highest BCUT2D eigenvalue weighted by molar-refractivity contribution is 5.76. The van der Waals surface area contributed by atoms with Crippen molar-refractivity contribution < 1.29 is 34.2 Å². The Bertz CT molecular complexity index is 353. The van der Waals surface area contributed by atoms with Crippen LogP contribution in [0.2, 0.25) is 0 Å². The molecule has 0 aromatic rings. The summed E-state index contributed by atoms with van der Waals surface area (Å²) in [7, 11) is 5.66. The number of nitrogens with two attached hydrogens (primary N) is 2. The second-order valence-corrected chi connectivity index (χ2v) is 5.65. The number of aliphatic hydroxyl groups is 1. The summed E-state index contributed by atoms with van der Waals surface area (Å²) in [6, 6.07) is -0.979. The van der Waals surface area contributed by atoms with Gasteiger partial charge in [-0.3, -0.25) is 9.59 Å². The summed E-state index contributed by atoms with van der Waals surface area (Å²) in [5.41, 5.74) is 9.81. The van der Waals surface area contributed by atoms with Crippen LogP contribution in [0, 0.1) is 0 Å². The predicted octanol–water partition coefficient (Wildman–Crippen LogP) is -3.14. The first-order valence-corrected chi connectivity index (χ1v) is 6.30. The van der Waals surface area contributed by atoms with Crippen molar-refractivity contribution in [3.8, 4) is 0 Å². The van der Waals surface area contributed by atoms with Crippen molar-refractivity contribution in [2.45, 2.75) is 31.4 Å². The average Bonchev–Trinajstić information content (AvgIpc) is 2.22. The van der Waals surface area contributed by atoms with Gasteiger partial charge in [0, 0.05) is 18.8 Å². The van der Waals surface area contributed by atoms with E-state index in [1.54, 1.807) is 0 Å². The molecule has 124 valence electrons. The second-order valence-electron chi connectivity index (χ2n) is 5.65. The van der Waals surface area contributed by atoms with Gasteiger partial charge in [-0.1, -0.05) is 0 Å². The average molecular weight is 307 g/mol. The minimum Gasteiger partial charge on any atom is -0.550 e. The molecule has 0 saturated carbocycles. The molecule has 0 fully saturated rings. The fraction of sp³-hybridized carbons (Fsp3) is 0.750. The van der Waals surface area contributed by atoms with E-state index in [4.69, 9.17) is 21.7 Å². The Morgan fingerprint density at radius 3 is 2.00 bits per heavy atom. The van der Waals surface area contributed by atoms with Gasteiger partial charge < -0.3 is 36.1 Å². The standard InChI is InChI=1S/C7H15NO3.C5H10N2O3/c1-8(2,3)5-6(9)4-7(10)11;6-3(5(9)10)1-2-4(7)8/h6,9H,4-5H2,1-3H3;3H,1-2,6H2,(H2,7,8)(H,9,10). The van der Waals surface area contributed by atoms with Gasteiger partial charge in [-0.25, -0.2) is 0 Å². The van der Waals surface area contributed by atoms with Crippen LogP contribution in [0.15, 0.2) is 0 Å². The van der Waals surface area contributed by atoms with Gasteiger partial charge in [0.2, 0.25) is 5.91 Å². The number of likely N-dealkylation sites (N-methyl/N-ethyl adjacent to an activating group) is 1. The van der Waals surface area contributed by atoms with Gasteiger partial charge >= 0.3 is 5.97 Å². The van der Waals surface area contributed by atoms with E-state index in [0.717, 1.165) is 0 Å². The normalized spacial score (nSPS) is 13.6. The number of aliphatic hydroxyl groups excluding tert-OH is 1. The molecule has 0 bridgehead atoms. The van der Waals surface area contributed by atoms with Crippen molar-refractivity contribution in [3.63, 3.8) is 0 Å². The molecule has 9 heteroatoms. The minimum atomic E-state index is -1.20. The quantitative estimate of drug-likeness (QED) is 0.343. The smallest absolute Gasteiger partial charge is 0.320 e. The first-order valence-electron chi connectivity index (χ1n) is 6.30. The van der Waals surface area contributed by atoms with E-state index in [9.17, 15) is 19.5 Å². The second kappa shape index (κ2) is 10.1. The van der Waals surface area contributed by atoms with E-state index in [1.807, 2.05) is 21.1 Å². The van der Waals surface area contributed by atoms with Crippen LogP contribution in [0.5, 0.6) is 0 Å². The lowest BCUT2D eigenvalue weighted by Crippen LogP contribution is -2.43. The van der Waals surface area contributed by atoms with Crippen LogP contribution in [0.1, 0.15) is 19.3 Å². The van der Waals surface area contributed by atoms with Crippen molar-refractivity contribution in [1.29, 1.82) is 0 Å². The Balaban J connectivity index is 0. The summed E-state index contributed by atoms with van der Waals surface area (Å²) < 4.78 is 0.550. The maximum atomic E-state index is 10.1. The number of hydrogen-bond acceptors (Lipinski definition) is 6. The van der Waals surface area contributed by atoms with Crippen LogP contribution in [0.4, 0.5) is 0 Å². The highest BCUT2D eigenvalue weighted by Crippen LogP contribution is 1.97. The molecular formula is C12H25N3O6. The number of carbonyl (C=O) groups is 3. The van der Waals surface area contributed by atoms with Gasteiger partial charge in [0.1, 0.15) is 18.7 Å². The molecule has 9 nitrogen and oxygen atoms in total. The molecule has 0 aliphatic heterocycles. The van der Waals surface area contributed by atoms with Gasteiger partial charge in [0.05, 0.1) is 21.1 Å². The topological polar surface area (TPSA) is 167 Å². The molecule has 0 spiro atoms. The fourth-order valence-corrected chi connectivity index (χ4v) is 1.31. The highest BCUT2D eigenvalue weighted by atomic mass is 16.4. The van der Waals surface area contributed by atoms with Gasteiger partial charge in [0.15, 0.2) is 0 Å². The van der Waals surface area contributed by atoms with Crippen LogP contribution in [-0.4, -0.2) is 72.4 Å². The molecule has 21 heavy (non-hydrogen) atoms. The number of hydrogen-bond donors (Lipinski definition) is 4. The number of rotatable bonds is 8. The highest BCUT2D eigenvalue weighted by Gasteiger charge is 2.15. The summed E-state index contributed by atoms with van der Waals surface area (Å²) in [4.78, 5) is 30.2. The Kier molecular flexibility index (Phi) is 10.4. The molecule has 0 aliphatic rings. The molecule has 0 heterocycles. The van der Waals surface area contributed by atoms with Gasteiger partial charge in [-0.15, -0.1) is 0 Å². The number of carbonyl (C=O) groups excluding carboxylic acids is 2. The third-order valence-corrected chi connectivity index (χ3v) is 2.18. The summed E-state index contributed by atoms with van der Waals surface area (Å²) in [5.74, 6) is -2.84. The Morgan fingerprint density at radius 2 is 1.71 bits per heavy atom. The lowest BCUT2D eigenvalue weighted by Gasteiger charge is -2.26. The maximum absolute atomic E-state index is 10.1. The Morgan fingerprint density at radius 1 is 1.24 bits per heavy atom. The number of aliphatic carboxylic acids is 2. The van der Waals surface area contributed by atoms with Crippen molar-refractivity contribution in [2.24, 2.45) is 11.5 Å². The lowest BCUT2D eigenvalue weighted by molar-refractivity contribution is -0.873. The SMILES string of the molecule is C[N+](C)(C)CC(O)CC(=O)[O-].NC(=O)CCC(N)C(=O)O. The largest absolute Gasteiger partial charge is 0.550 e. The van der Waals surface area contributed by atoms with Gasteiger partial charge in [-0.05, 0) is 6.42 Å². The zero-order valence-electron chi connectivity index (χ0n) is 12.6. The molecular weight excluding hydrogens is 282 g/mol. The van der Waals surface area contributed by atoms with Crippen molar-refractivity contribution in [2.75, 3.05) is 27.7 Å². The van der Waals surface area contributed by atoms with Crippen molar-refractivity contribution >= 4 is 17.8 Å². The number of amides is 1. The molecule has 6 N–H and O–H groups in total. The molecule has 2 unspecified atom stereocenters. The molecule has 0 aromatic carbocycles. The summed E-state index contributed by atoms with van der Waals surface area (Å²) in [6.45, 7) is 0.425. The van der Waals surface area contributed by atoms with E-state index in [1.165, 1.54) is 0 Å². The first kappa shape index (κ1) is 21.6. The number of carboxylic acids is 2. The van der Waals surface area contributed by atoms with Crippen molar-refractivity contribution in [3.05, 3.63) is 0 Å². The molecule has 2 atom stereocenters. The maximum Gasteiger partial charge on any atom is 0.320 e. The predicted molar refractivity (Wildman–Crippen MR) is 72.6 cm³/mol. The first-order chi connectivity index (χ1) is 9.35. The van der Waals surface area contributed by atoms with Crippen LogP contribution in [0.25, 0.3) is 0 Å². The third-order valence-electron chi connectivity index (χ3n) is 2.18. The molecule has 0 aromatic heterocycles. The molecule has 0 aliphatic carbocycles. The van der Waals surface area contributed by atoms with Crippen molar-refractivity contribution in [1.82, 2.24) is 0 Å². The summed E-state index contributed by atoms with van der Waals surface area (Å²) in [5, 5.41) is 27.4. The monoisotopic (exact) mass is 307 g/mol. The Hall–Kier alpha value is -1.71. The zero-order chi connectivity index (χ0) is 17.2. The minimum absolute atomic E-state index is 0.0213.